The van der Waals surface area contributed by atoms with Crippen LogP contribution in [0.2, 0.25) is 0 Å². The topological polar surface area (TPSA) is 60.8 Å². The quantitative estimate of drug-likeness (QED) is 0.663. The Labute approximate surface area is 198 Å². The lowest BCUT2D eigenvalue weighted by Crippen LogP contribution is -2.54. The molecule has 0 aromatic heterocycles. The second-order valence-electron chi connectivity index (χ2n) is 11.3. The number of aliphatic hydroxyl groups excluding tert-OH is 1. The summed E-state index contributed by atoms with van der Waals surface area (Å²) in [5.41, 5.74) is 2.56. The molecule has 0 saturated heterocycles. The van der Waals surface area contributed by atoms with Gasteiger partial charge in [-0.1, -0.05) is 36.5 Å². The Bertz CT molecular complexity index is 1020. The van der Waals surface area contributed by atoms with Gasteiger partial charge in [-0.05, 0) is 91.9 Å². The third-order valence-electron chi connectivity index (χ3n) is 9.67. The molecule has 2 N–H and O–H groups in total. The maximum absolute atomic E-state index is 12.2. The van der Waals surface area contributed by atoms with Gasteiger partial charge in [0.25, 0.3) is 0 Å². The van der Waals surface area contributed by atoms with Crippen LogP contribution in [-0.4, -0.2) is 42.3 Å². The third kappa shape index (κ3) is 3.56. The van der Waals surface area contributed by atoms with E-state index in [-0.39, 0.29) is 12.0 Å². The number of fused-ring (bicyclic) bond motifs is 5. The summed E-state index contributed by atoms with van der Waals surface area (Å²) in [7, 11) is 4.12. The van der Waals surface area contributed by atoms with Gasteiger partial charge in [-0.3, -0.25) is 4.79 Å². The van der Waals surface area contributed by atoms with Crippen molar-refractivity contribution >= 4 is 11.5 Å². The number of carbonyl (C=O) groups excluding carboxylic acids is 1. The van der Waals surface area contributed by atoms with E-state index in [2.05, 4.69) is 62.0 Å². The van der Waals surface area contributed by atoms with E-state index < -0.39 is 5.60 Å². The summed E-state index contributed by atoms with van der Waals surface area (Å²) in [4.78, 5) is 14.3. The number of hydrogen-bond donors (Lipinski definition) is 2. The summed E-state index contributed by atoms with van der Waals surface area (Å²) < 4.78 is 0. The lowest BCUT2D eigenvalue weighted by atomic mass is 9.46. The third-order valence-corrected chi connectivity index (χ3v) is 9.67. The molecule has 4 nitrogen and oxygen atoms in total. The Morgan fingerprint density at radius 2 is 1.85 bits per heavy atom. The van der Waals surface area contributed by atoms with Gasteiger partial charge in [0.1, 0.15) is 12.2 Å². The highest BCUT2D eigenvalue weighted by Gasteiger charge is 2.64. The first-order valence-electron chi connectivity index (χ1n) is 12.6. The second kappa shape index (κ2) is 8.29. The second-order valence-corrected chi connectivity index (χ2v) is 11.3. The molecule has 0 spiro atoms. The molecule has 0 bridgehead atoms. The minimum Gasteiger partial charge on any atom is -0.384 e. The number of aliphatic hydroxyl groups is 2. The van der Waals surface area contributed by atoms with Gasteiger partial charge in [0.15, 0.2) is 5.78 Å². The normalized spacial score (nSPS) is 39.5. The summed E-state index contributed by atoms with van der Waals surface area (Å²) in [5, 5.41) is 21.1. The summed E-state index contributed by atoms with van der Waals surface area (Å²) in [6.45, 7) is 2.04. The maximum Gasteiger partial charge on any atom is 0.155 e. The van der Waals surface area contributed by atoms with Crippen molar-refractivity contribution in [3.63, 3.8) is 0 Å². The zero-order valence-electron chi connectivity index (χ0n) is 20.2. The Morgan fingerprint density at radius 3 is 2.55 bits per heavy atom. The molecule has 1 aromatic rings. The molecule has 0 aliphatic heterocycles. The Morgan fingerprint density at radius 1 is 1.09 bits per heavy atom. The Hall–Kier alpha value is -2.09. The van der Waals surface area contributed by atoms with Crippen molar-refractivity contribution in [2.24, 2.45) is 29.1 Å². The van der Waals surface area contributed by atoms with E-state index in [1.807, 2.05) is 6.08 Å². The Kier molecular flexibility index (Phi) is 5.70. The van der Waals surface area contributed by atoms with Crippen molar-refractivity contribution in [3.8, 4) is 11.8 Å². The van der Waals surface area contributed by atoms with Crippen LogP contribution in [0, 0.1) is 40.9 Å². The minimum absolute atomic E-state index is 0.213. The predicted octanol–water partition coefficient (Wildman–Crippen LogP) is 4.31. The molecule has 1 aromatic carbocycles. The molecular formula is C29H37NO3. The van der Waals surface area contributed by atoms with Crippen LogP contribution in [0.15, 0.2) is 35.9 Å². The van der Waals surface area contributed by atoms with Crippen molar-refractivity contribution < 1.29 is 15.0 Å². The SMILES string of the molecule is CN(C)c1ccc(C2C[C@@]3(C)[C@@H](CC[C@@]3(O)C#CCO)[C@@H]3CCC4=CC(=O)CCC4C23)cc1. The predicted molar refractivity (Wildman–Crippen MR) is 131 cm³/mol. The monoisotopic (exact) mass is 447 g/mol. The molecule has 176 valence electrons. The number of rotatable bonds is 2. The van der Waals surface area contributed by atoms with E-state index in [1.54, 1.807) is 0 Å². The van der Waals surface area contributed by atoms with Crippen molar-refractivity contribution in [2.45, 2.75) is 63.4 Å². The maximum atomic E-state index is 12.2. The molecule has 33 heavy (non-hydrogen) atoms. The summed E-state index contributed by atoms with van der Waals surface area (Å²) in [6, 6.07) is 8.96. The number of allylic oxidation sites excluding steroid dienone is 1. The number of benzene rings is 1. The van der Waals surface area contributed by atoms with Crippen molar-refractivity contribution in [1.82, 2.24) is 0 Å². The lowest BCUT2D eigenvalue weighted by molar-refractivity contribution is -0.117. The molecule has 5 rings (SSSR count). The summed E-state index contributed by atoms with van der Waals surface area (Å²) >= 11 is 0. The lowest BCUT2D eigenvalue weighted by Gasteiger charge is -2.58. The molecule has 3 fully saturated rings. The number of ketones is 1. The average Bonchev–Trinajstić information content (AvgIpc) is 3.07. The van der Waals surface area contributed by atoms with Gasteiger partial charge < -0.3 is 15.1 Å². The smallest absolute Gasteiger partial charge is 0.155 e. The van der Waals surface area contributed by atoms with Gasteiger partial charge in [0, 0.05) is 31.6 Å². The van der Waals surface area contributed by atoms with Crippen LogP contribution in [-0.2, 0) is 4.79 Å². The minimum atomic E-state index is -1.05. The average molecular weight is 448 g/mol. The largest absolute Gasteiger partial charge is 0.384 e. The van der Waals surface area contributed by atoms with Crippen molar-refractivity contribution in [2.75, 3.05) is 25.6 Å². The molecular weight excluding hydrogens is 410 g/mol. The molecule has 4 aliphatic rings. The van der Waals surface area contributed by atoms with Crippen LogP contribution in [0.25, 0.3) is 0 Å². The van der Waals surface area contributed by atoms with Crippen LogP contribution in [0.1, 0.15) is 63.4 Å². The summed E-state index contributed by atoms with van der Waals surface area (Å²) in [6.07, 6.45) is 8.27. The van der Waals surface area contributed by atoms with Crippen LogP contribution >= 0.6 is 0 Å². The van der Waals surface area contributed by atoms with E-state index in [0.29, 0.717) is 48.2 Å². The molecule has 0 heterocycles. The van der Waals surface area contributed by atoms with Crippen molar-refractivity contribution in [1.29, 1.82) is 0 Å². The standard InChI is InChI=1S/C29H37NO3/c1-28-18-25(19-5-8-21(9-6-19)30(2)3)27-23-12-10-22(32)17-20(23)7-11-24(27)26(28)13-15-29(28,33)14-4-16-31/h5-6,8-9,17,23-27,31,33H,7,10-13,15-16,18H2,1-3H3/t23?,24-,25?,26-,27?,28-,29-/m0/s1. The van der Waals surface area contributed by atoms with Gasteiger partial charge in [0.05, 0.1) is 0 Å². The highest BCUT2D eigenvalue weighted by atomic mass is 16.3. The highest BCUT2D eigenvalue weighted by molar-refractivity contribution is 5.91. The Balaban J connectivity index is 1.59. The van der Waals surface area contributed by atoms with Crippen molar-refractivity contribution in [3.05, 3.63) is 41.5 Å². The van der Waals surface area contributed by atoms with Gasteiger partial charge in [-0.25, -0.2) is 0 Å². The van der Waals surface area contributed by atoms with E-state index in [1.165, 1.54) is 16.8 Å². The van der Waals surface area contributed by atoms with Gasteiger partial charge in [-0.15, -0.1) is 0 Å². The van der Waals surface area contributed by atoms with Crippen LogP contribution in [0.4, 0.5) is 5.69 Å². The molecule has 3 unspecified atom stereocenters. The van der Waals surface area contributed by atoms with Crippen LogP contribution in [0.5, 0.6) is 0 Å². The molecule has 4 aliphatic carbocycles. The van der Waals surface area contributed by atoms with Gasteiger partial charge >= 0.3 is 0 Å². The van der Waals surface area contributed by atoms with Gasteiger partial charge in [0.2, 0.25) is 0 Å². The molecule has 0 amide bonds. The number of carbonyl (C=O) groups is 1. The van der Waals surface area contributed by atoms with E-state index in [9.17, 15) is 15.0 Å². The first-order chi connectivity index (χ1) is 15.8. The first kappa shape index (κ1) is 22.7. The molecule has 3 saturated carbocycles. The van der Waals surface area contributed by atoms with E-state index >= 15 is 0 Å². The number of anilines is 1. The fourth-order valence-electron chi connectivity index (χ4n) is 8.06. The molecule has 4 heteroatoms. The fraction of sp³-hybridized carbons (Fsp3) is 0.621. The zero-order valence-corrected chi connectivity index (χ0v) is 20.2. The molecule has 7 atom stereocenters. The number of nitrogens with zero attached hydrogens (tertiary/aromatic N) is 1. The van der Waals surface area contributed by atoms with E-state index in [0.717, 1.165) is 32.1 Å². The van der Waals surface area contributed by atoms with Gasteiger partial charge in [-0.2, -0.15) is 0 Å². The summed E-state index contributed by atoms with van der Waals surface area (Å²) in [5.74, 6) is 8.45. The van der Waals surface area contributed by atoms with Crippen LogP contribution < -0.4 is 4.90 Å². The zero-order chi connectivity index (χ0) is 23.4. The van der Waals surface area contributed by atoms with E-state index in [4.69, 9.17) is 0 Å². The number of hydrogen-bond acceptors (Lipinski definition) is 4. The van der Waals surface area contributed by atoms with Crippen LogP contribution in [0.3, 0.4) is 0 Å². The fourth-order valence-corrected chi connectivity index (χ4v) is 8.06. The highest BCUT2D eigenvalue weighted by Crippen LogP contribution is 2.68. The molecule has 0 radical (unpaired) electrons. The first-order valence-corrected chi connectivity index (χ1v) is 12.6.